The number of rotatable bonds is 5. The van der Waals surface area contributed by atoms with E-state index in [0.29, 0.717) is 5.56 Å². The first-order chi connectivity index (χ1) is 10.9. The lowest BCUT2D eigenvalue weighted by molar-refractivity contribution is -0.147. The fraction of sp³-hybridized carbons (Fsp3) is 0.312. The van der Waals surface area contributed by atoms with E-state index in [1.807, 2.05) is 13.8 Å². The second-order valence-electron chi connectivity index (χ2n) is 5.44. The van der Waals surface area contributed by atoms with E-state index in [1.165, 1.54) is 12.1 Å². The van der Waals surface area contributed by atoms with Gasteiger partial charge in [-0.2, -0.15) is 0 Å². The van der Waals surface area contributed by atoms with Crippen molar-refractivity contribution in [3.63, 3.8) is 0 Å². The molecule has 2 rings (SSSR count). The van der Waals surface area contributed by atoms with Crippen LogP contribution in [0.15, 0.2) is 29.2 Å². The Kier molecular flexibility index (Phi) is 5.44. The third-order valence-corrected chi connectivity index (χ3v) is 3.84. The van der Waals surface area contributed by atoms with Crippen LogP contribution in [0.2, 0.25) is 0 Å². The van der Waals surface area contributed by atoms with Gasteiger partial charge in [-0.1, -0.05) is 26.0 Å². The SMILES string of the molecule is CC(C)COC(=O)CN1C(=O)S/C(=C/c2ccc(O)cc2)C1=O. The van der Waals surface area contributed by atoms with Gasteiger partial charge in [-0.3, -0.25) is 19.3 Å². The molecule has 0 aliphatic carbocycles. The Bertz CT molecular complexity index is 651. The van der Waals surface area contributed by atoms with Gasteiger partial charge < -0.3 is 9.84 Å². The molecule has 23 heavy (non-hydrogen) atoms. The number of esters is 1. The van der Waals surface area contributed by atoms with Crippen molar-refractivity contribution in [2.75, 3.05) is 13.2 Å². The number of carbonyl (C=O) groups excluding carboxylic acids is 3. The number of imide groups is 1. The maximum atomic E-state index is 12.2. The quantitative estimate of drug-likeness (QED) is 0.658. The van der Waals surface area contributed by atoms with Crippen LogP contribution >= 0.6 is 11.8 Å². The zero-order chi connectivity index (χ0) is 17.0. The van der Waals surface area contributed by atoms with E-state index in [0.717, 1.165) is 16.7 Å². The van der Waals surface area contributed by atoms with Crippen LogP contribution < -0.4 is 0 Å². The maximum absolute atomic E-state index is 12.2. The minimum absolute atomic E-state index is 0.114. The number of aromatic hydroxyl groups is 1. The first kappa shape index (κ1) is 17.1. The van der Waals surface area contributed by atoms with E-state index >= 15 is 0 Å². The zero-order valence-electron chi connectivity index (χ0n) is 12.8. The van der Waals surface area contributed by atoms with Gasteiger partial charge in [0.15, 0.2) is 0 Å². The normalized spacial score (nSPS) is 16.5. The molecule has 1 fully saturated rings. The number of carbonyl (C=O) groups is 3. The number of phenolic OH excluding ortho intramolecular Hbond substituents is 1. The van der Waals surface area contributed by atoms with Crippen molar-refractivity contribution in [2.45, 2.75) is 13.8 Å². The molecule has 0 radical (unpaired) electrons. The minimum atomic E-state index is -0.605. The average Bonchev–Trinajstić information content (AvgIpc) is 2.75. The molecule has 0 unspecified atom stereocenters. The van der Waals surface area contributed by atoms with Crippen LogP contribution in [0.3, 0.4) is 0 Å². The highest BCUT2D eigenvalue weighted by molar-refractivity contribution is 8.18. The summed E-state index contributed by atoms with van der Waals surface area (Å²) < 4.78 is 4.99. The summed E-state index contributed by atoms with van der Waals surface area (Å²) in [6, 6.07) is 6.22. The Morgan fingerprint density at radius 1 is 1.30 bits per heavy atom. The summed E-state index contributed by atoms with van der Waals surface area (Å²) in [6.45, 7) is 3.66. The Balaban J connectivity index is 2.04. The van der Waals surface area contributed by atoms with Crippen LogP contribution in [0, 0.1) is 5.92 Å². The van der Waals surface area contributed by atoms with Crippen LogP contribution in [0.25, 0.3) is 6.08 Å². The topological polar surface area (TPSA) is 83.9 Å². The highest BCUT2D eigenvalue weighted by Crippen LogP contribution is 2.32. The van der Waals surface area contributed by atoms with E-state index < -0.39 is 17.1 Å². The van der Waals surface area contributed by atoms with Crippen LogP contribution in [0.1, 0.15) is 19.4 Å². The summed E-state index contributed by atoms with van der Waals surface area (Å²) in [5.74, 6) is -0.826. The van der Waals surface area contributed by atoms with Gasteiger partial charge in [0.25, 0.3) is 11.1 Å². The van der Waals surface area contributed by atoms with E-state index in [4.69, 9.17) is 4.74 Å². The van der Waals surface area contributed by atoms with Crippen molar-refractivity contribution in [3.05, 3.63) is 34.7 Å². The summed E-state index contributed by atoms with van der Waals surface area (Å²) in [7, 11) is 0. The lowest BCUT2D eigenvalue weighted by Crippen LogP contribution is -2.34. The molecule has 6 nitrogen and oxygen atoms in total. The molecular formula is C16H17NO5S. The Hall–Kier alpha value is -2.28. The third kappa shape index (κ3) is 4.59. The van der Waals surface area contributed by atoms with Gasteiger partial charge >= 0.3 is 5.97 Å². The molecular weight excluding hydrogens is 318 g/mol. The maximum Gasteiger partial charge on any atom is 0.326 e. The molecule has 1 aromatic carbocycles. The summed E-state index contributed by atoms with van der Waals surface area (Å²) in [4.78, 5) is 36.9. The van der Waals surface area contributed by atoms with E-state index in [1.54, 1.807) is 18.2 Å². The summed E-state index contributed by atoms with van der Waals surface area (Å²) in [5.41, 5.74) is 0.677. The molecule has 1 aromatic rings. The number of hydrogen-bond acceptors (Lipinski definition) is 6. The number of thioether (sulfide) groups is 1. The lowest BCUT2D eigenvalue weighted by Gasteiger charge is -2.12. The average molecular weight is 335 g/mol. The number of nitrogens with zero attached hydrogens (tertiary/aromatic N) is 1. The van der Waals surface area contributed by atoms with Crippen molar-refractivity contribution in [1.29, 1.82) is 0 Å². The first-order valence-electron chi connectivity index (χ1n) is 7.07. The Morgan fingerprint density at radius 2 is 1.96 bits per heavy atom. The standard InChI is InChI=1S/C16H17NO5S/c1-10(2)9-22-14(19)8-17-15(20)13(23-16(17)21)7-11-3-5-12(18)6-4-11/h3-7,10,18H,8-9H2,1-2H3/b13-7+. The molecule has 7 heteroatoms. The molecule has 1 aliphatic rings. The fourth-order valence-electron chi connectivity index (χ4n) is 1.79. The highest BCUT2D eigenvalue weighted by atomic mass is 32.2. The monoisotopic (exact) mass is 335 g/mol. The second-order valence-corrected chi connectivity index (χ2v) is 6.43. The lowest BCUT2D eigenvalue weighted by atomic mass is 10.2. The van der Waals surface area contributed by atoms with Crippen molar-refractivity contribution in [3.8, 4) is 5.75 Å². The summed E-state index contributed by atoms with van der Waals surface area (Å²) >= 11 is 0.775. The number of hydrogen-bond donors (Lipinski definition) is 1. The molecule has 1 saturated heterocycles. The largest absolute Gasteiger partial charge is 0.508 e. The van der Waals surface area contributed by atoms with Crippen LogP contribution in [-0.2, 0) is 14.3 Å². The van der Waals surface area contributed by atoms with Crippen molar-refractivity contribution in [2.24, 2.45) is 5.92 Å². The molecule has 1 N–H and O–H groups in total. The summed E-state index contributed by atoms with van der Waals surface area (Å²) in [6.07, 6.45) is 1.55. The van der Waals surface area contributed by atoms with E-state index in [-0.39, 0.29) is 29.7 Å². The van der Waals surface area contributed by atoms with Crippen molar-refractivity contribution < 1.29 is 24.2 Å². The van der Waals surface area contributed by atoms with Crippen LogP contribution in [0.5, 0.6) is 5.75 Å². The molecule has 122 valence electrons. The predicted octanol–water partition coefficient (Wildman–Crippen LogP) is 2.63. The van der Waals surface area contributed by atoms with Gasteiger partial charge in [0.2, 0.25) is 0 Å². The van der Waals surface area contributed by atoms with Crippen LogP contribution in [0.4, 0.5) is 4.79 Å². The van der Waals surface area contributed by atoms with Gasteiger partial charge in [-0.25, -0.2) is 0 Å². The van der Waals surface area contributed by atoms with Crippen LogP contribution in [-0.4, -0.2) is 40.3 Å². The smallest absolute Gasteiger partial charge is 0.326 e. The molecule has 0 spiro atoms. The van der Waals surface area contributed by atoms with Gasteiger partial charge in [-0.05, 0) is 41.5 Å². The molecule has 1 aliphatic heterocycles. The van der Waals surface area contributed by atoms with Crippen molar-refractivity contribution in [1.82, 2.24) is 4.90 Å². The fourth-order valence-corrected chi connectivity index (χ4v) is 2.63. The molecule has 0 bridgehead atoms. The highest BCUT2D eigenvalue weighted by Gasteiger charge is 2.36. The zero-order valence-corrected chi connectivity index (χ0v) is 13.6. The summed E-state index contributed by atoms with van der Waals surface area (Å²) in [5, 5.41) is 8.74. The van der Waals surface area contributed by atoms with Gasteiger partial charge in [-0.15, -0.1) is 0 Å². The number of amides is 2. The van der Waals surface area contributed by atoms with E-state index in [9.17, 15) is 19.5 Å². The number of phenols is 1. The third-order valence-electron chi connectivity index (χ3n) is 2.93. The Labute approximate surface area is 138 Å². The first-order valence-corrected chi connectivity index (χ1v) is 7.88. The minimum Gasteiger partial charge on any atom is -0.508 e. The van der Waals surface area contributed by atoms with Gasteiger partial charge in [0.05, 0.1) is 11.5 Å². The molecule has 2 amide bonds. The van der Waals surface area contributed by atoms with E-state index in [2.05, 4.69) is 0 Å². The molecule has 0 aromatic heterocycles. The number of ether oxygens (including phenoxy) is 1. The van der Waals surface area contributed by atoms with Gasteiger partial charge in [0, 0.05) is 0 Å². The number of benzene rings is 1. The van der Waals surface area contributed by atoms with Crippen molar-refractivity contribution >= 4 is 35.0 Å². The molecule has 0 saturated carbocycles. The molecule has 0 atom stereocenters. The Morgan fingerprint density at radius 3 is 2.57 bits per heavy atom. The predicted molar refractivity (Wildman–Crippen MR) is 86.6 cm³/mol. The van der Waals surface area contributed by atoms with Gasteiger partial charge in [0.1, 0.15) is 12.3 Å². The second kappa shape index (κ2) is 7.32. The molecule has 1 heterocycles.